The van der Waals surface area contributed by atoms with Crippen LogP contribution in [0, 0.1) is 0 Å². The molecule has 0 fully saturated rings. The molecule has 2 heterocycles. The monoisotopic (exact) mass is 438 g/mol. The van der Waals surface area contributed by atoms with Gasteiger partial charge in [0.25, 0.3) is 5.22 Å². The van der Waals surface area contributed by atoms with Gasteiger partial charge in [-0.2, -0.15) is 0 Å². The number of nitrogens with one attached hydrogen (secondary N) is 1. The highest BCUT2D eigenvalue weighted by atomic mass is 32.2. The quantitative estimate of drug-likeness (QED) is 0.388. The molecule has 0 saturated heterocycles. The maximum absolute atomic E-state index is 12.2. The molecule has 0 unspecified atom stereocenters. The number of amides is 1. The number of hydrogen-bond donors (Lipinski definition) is 1. The lowest BCUT2D eigenvalue weighted by atomic mass is 10.2. The summed E-state index contributed by atoms with van der Waals surface area (Å²) in [7, 11) is 0. The van der Waals surface area contributed by atoms with E-state index in [9.17, 15) is 4.79 Å². The Balaban J connectivity index is 1.31. The minimum Gasteiger partial charge on any atom is -0.494 e. The van der Waals surface area contributed by atoms with Crippen molar-refractivity contribution in [2.45, 2.75) is 12.1 Å². The third-order valence-corrected chi connectivity index (χ3v) is 5.54. The molecular weight excluding hydrogens is 420 g/mol. The van der Waals surface area contributed by atoms with E-state index in [4.69, 9.17) is 9.15 Å². The van der Waals surface area contributed by atoms with Crippen LogP contribution in [0.4, 0.5) is 5.13 Å². The van der Waals surface area contributed by atoms with Gasteiger partial charge in [-0.05, 0) is 31.2 Å². The minimum atomic E-state index is -0.185. The van der Waals surface area contributed by atoms with Crippen LogP contribution in [-0.2, 0) is 4.79 Å². The molecule has 4 aromatic rings. The molecule has 0 spiro atoms. The highest BCUT2D eigenvalue weighted by molar-refractivity contribution is 7.99. The number of nitrogens with zero attached hydrogens (tertiary/aromatic N) is 3. The summed E-state index contributed by atoms with van der Waals surface area (Å²) in [5.74, 6) is 1.14. The summed E-state index contributed by atoms with van der Waals surface area (Å²) < 4.78 is 11.1. The van der Waals surface area contributed by atoms with Gasteiger partial charge in [-0.15, -0.1) is 21.5 Å². The van der Waals surface area contributed by atoms with Crippen molar-refractivity contribution in [1.82, 2.24) is 15.2 Å². The number of hydrogen-bond acceptors (Lipinski definition) is 8. The first kappa shape index (κ1) is 20.1. The molecule has 30 heavy (non-hydrogen) atoms. The average molecular weight is 439 g/mol. The summed E-state index contributed by atoms with van der Waals surface area (Å²) in [4.78, 5) is 16.7. The van der Waals surface area contributed by atoms with Gasteiger partial charge < -0.3 is 14.5 Å². The number of rotatable bonds is 8. The van der Waals surface area contributed by atoms with Crippen LogP contribution < -0.4 is 10.1 Å². The number of anilines is 1. The Morgan fingerprint density at radius 2 is 1.90 bits per heavy atom. The Hall–Kier alpha value is -3.17. The van der Waals surface area contributed by atoms with E-state index in [-0.39, 0.29) is 11.7 Å². The molecule has 2 aromatic carbocycles. The van der Waals surface area contributed by atoms with Crippen LogP contribution >= 0.6 is 23.1 Å². The topological polar surface area (TPSA) is 90.1 Å². The van der Waals surface area contributed by atoms with E-state index in [0.717, 1.165) is 22.6 Å². The van der Waals surface area contributed by atoms with Crippen LogP contribution in [0.5, 0.6) is 5.75 Å². The van der Waals surface area contributed by atoms with Gasteiger partial charge in [-0.1, -0.05) is 42.1 Å². The lowest BCUT2D eigenvalue weighted by Gasteiger charge is -2.02. The predicted octanol–water partition coefficient (Wildman–Crippen LogP) is 4.99. The Morgan fingerprint density at radius 1 is 1.10 bits per heavy atom. The zero-order valence-corrected chi connectivity index (χ0v) is 17.7. The number of carbonyl (C=O) groups excluding carboxylic acids is 1. The zero-order valence-electron chi connectivity index (χ0n) is 16.1. The van der Waals surface area contributed by atoms with Gasteiger partial charge in [-0.25, -0.2) is 4.98 Å². The number of thiazole rings is 1. The number of aromatic nitrogens is 3. The van der Waals surface area contributed by atoms with E-state index >= 15 is 0 Å². The van der Waals surface area contributed by atoms with Gasteiger partial charge in [0.2, 0.25) is 11.8 Å². The zero-order chi connectivity index (χ0) is 20.8. The molecule has 0 aliphatic rings. The molecule has 0 aliphatic heterocycles. The lowest BCUT2D eigenvalue weighted by Crippen LogP contribution is -2.13. The maximum atomic E-state index is 12.2. The van der Waals surface area contributed by atoms with Gasteiger partial charge in [0.1, 0.15) is 5.75 Å². The Kier molecular flexibility index (Phi) is 6.41. The summed E-state index contributed by atoms with van der Waals surface area (Å²) in [5, 5.41) is 13.6. The van der Waals surface area contributed by atoms with Crippen molar-refractivity contribution in [2.75, 3.05) is 17.7 Å². The second kappa shape index (κ2) is 9.55. The van der Waals surface area contributed by atoms with E-state index < -0.39 is 0 Å². The van der Waals surface area contributed by atoms with E-state index in [1.54, 1.807) is 0 Å². The van der Waals surface area contributed by atoms with E-state index in [0.29, 0.717) is 22.9 Å². The van der Waals surface area contributed by atoms with Crippen LogP contribution in [0.3, 0.4) is 0 Å². The molecule has 0 bridgehead atoms. The third-order valence-electron chi connectivity index (χ3n) is 3.97. The van der Waals surface area contributed by atoms with E-state index in [1.165, 1.54) is 23.1 Å². The number of ether oxygens (including phenoxy) is 1. The molecule has 4 rings (SSSR count). The average Bonchev–Trinajstić information content (AvgIpc) is 3.44. The van der Waals surface area contributed by atoms with Crippen molar-refractivity contribution in [2.24, 2.45) is 0 Å². The highest BCUT2D eigenvalue weighted by Gasteiger charge is 2.13. The molecule has 0 aliphatic carbocycles. The summed E-state index contributed by atoms with van der Waals surface area (Å²) in [5.41, 5.74) is 2.63. The molecule has 2 aromatic heterocycles. The van der Waals surface area contributed by atoms with E-state index in [2.05, 4.69) is 20.5 Å². The Labute approximate surface area is 181 Å². The van der Waals surface area contributed by atoms with Crippen molar-refractivity contribution in [1.29, 1.82) is 0 Å². The fraction of sp³-hybridized carbons (Fsp3) is 0.143. The second-order valence-electron chi connectivity index (χ2n) is 6.07. The summed E-state index contributed by atoms with van der Waals surface area (Å²) in [6, 6.07) is 17.2. The first-order valence-electron chi connectivity index (χ1n) is 9.21. The number of carbonyl (C=O) groups is 1. The van der Waals surface area contributed by atoms with Gasteiger partial charge in [0.05, 0.1) is 18.1 Å². The lowest BCUT2D eigenvalue weighted by molar-refractivity contribution is -0.113. The molecule has 1 N–H and O–H groups in total. The van der Waals surface area contributed by atoms with Crippen molar-refractivity contribution < 1.29 is 13.9 Å². The van der Waals surface area contributed by atoms with Crippen LogP contribution in [0.25, 0.3) is 22.7 Å². The molecule has 1 amide bonds. The molecule has 0 atom stereocenters. The molecular formula is C21H18N4O3S2. The fourth-order valence-corrected chi connectivity index (χ4v) is 3.90. The first-order chi connectivity index (χ1) is 14.7. The Morgan fingerprint density at radius 3 is 2.67 bits per heavy atom. The smallest absolute Gasteiger partial charge is 0.277 e. The predicted molar refractivity (Wildman–Crippen MR) is 118 cm³/mol. The van der Waals surface area contributed by atoms with Gasteiger partial charge in [0, 0.05) is 16.5 Å². The molecule has 152 valence electrons. The summed E-state index contributed by atoms with van der Waals surface area (Å²) >= 11 is 2.56. The van der Waals surface area contributed by atoms with Crippen molar-refractivity contribution in [3.8, 4) is 28.5 Å². The highest BCUT2D eigenvalue weighted by Crippen LogP contribution is 2.26. The fourth-order valence-electron chi connectivity index (χ4n) is 2.60. The molecule has 0 radical (unpaired) electrons. The summed E-state index contributed by atoms with van der Waals surface area (Å²) in [6.07, 6.45) is 0. The van der Waals surface area contributed by atoms with E-state index in [1.807, 2.05) is 66.9 Å². The van der Waals surface area contributed by atoms with Gasteiger partial charge in [0.15, 0.2) is 5.13 Å². The van der Waals surface area contributed by atoms with Gasteiger partial charge >= 0.3 is 0 Å². The van der Waals surface area contributed by atoms with Crippen LogP contribution in [0.1, 0.15) is 6.92 Å². The second-order valence-corrected chi connectivity index (χ2v) is 7.86. The Bertz CT molecular complexity index is 1110. The number of benzene rings is 2. The van der Waals surface area contributed by atoms with Crippen LogP contribution in [0.2, 0.25) is 0 Å². The standard InChI is InChI=1S/C21H18N4O3S2/c1-2-27-16-10-8-15(9-11-16)19-24-25-21(28-19)30-13-18(26)23-20-22-17(12-29-20)14-6-4-3-5-7-14/h3-12H,2,13H2,1H3,(H,22,23,26). The number of thioether (sulfide) groups is 1. The summed E-state index contributed by atoms with van der Waals surface area (Å²) in [6.45, 7) is 2.54. The van der Waals surface area contributed by atoms with Gasteiger partial charge in [-0.3, -0.25) is 4.79 Å². The van der Waals surface area contributed by atoms with Crippen molar-refractivity contribution in [3.63, 3.8) is 0 Å². The largest absolute Gasteiger partial charge is 0.494 e. The minimum absolute atomic E-state index is 0.144. The maximum Gasteiger partial charge on any atom is 0.277 e. The molecule has 0 saturated carbocycles. The molecule has 7 nitrogen and oxygen atoms in total. The van der Waals surface area contributed by atoms with Crippen LogP contribution in [0.15, 0.2) is 69.6 Å². The molecule has 9 heteroatoms. The third kappa shape index (κ3) is 5.05. The van der Waals surface area contributed by atoms with Crippen LogP contribution in [-0.4, -0.2) is 33.4 Å². The SMILES string of the molecule is CCOc1ccc(-c2nnc(SCC(=O)Nc3nc(-c4ccccc4)cs3)o2)cc1. The van der Waals surface area contributed by atoms with Crippen molar-refractivity contribution in [3.05, 3.63) is 60.0 Å². The first-order valence-corrected chi connectivity index (χ1v) is 11.1. The van der Waals surface area contributed by atoms with Crippen molar-refractivity contribution >= 4 is 34.1 Å². The normalized spacial score (nSPS) is 10.7.